The van der Waals surface area contributed by atoms with Crippen molar-refractivity contribution in [1.29, 1.82) is 0 Å². The van der Waals surface area contributed by atoms with Crippen LogP contribution in [0.4, 0.5) is 0 Å². The molecule has 4 heteroatoms. The Labute approximate surface area is 112 Å². The summed E-state index contributed by atoms with van der Waals surface area (Å²) in [6.45, 7) is 7.54. The number of ether oxygens (including phenoxy) is 1. The zero-order chi connectivity index (χ0) is 13.9. The Hall–Kier alpha value is -1.13. The van der Waals surface area contributed by atoms with Crippen molar-refractivity contribution in [2.75, 3.05) is 0 Å². The smallest absolute Gasteiger partial charge is 0.334 e. The third-order valence-electron chi connectivity index (χ3n) is 5.10. The standard InChI is InChI=1S/C15H20O4/c1-7-4-5-9-11(7)13-12(8(2)14(17)19-13)10(16)6-15(9,3)18/h4,9-13,16,18H,2,5-6H2,1,3H3/t9-,10+,11-,12+,13+,15+/m0/s1. The molecule has 0 amide bonds. The van der Waals surface area contributed by atoms with Crippen molar-refractivity contribution in [2.24, 2.45) is 17.8 Å². The van der Waals surface area contributed by atoms with E-state index in [1.54, 1.807) is 6.92 Å². The molecule has 104 valence electrons. The highest BCUT2D eigenvalue weighted by Crippen LogP contribution is 2.51. The minimum absolute atomic E-state index is 0.00384. The molecule has 0 aromatic rings. The second-order valence-electron chi connectivity index (χ2n) is 6.37. The van der Waals surface area contributed by atoms with Crippen LogP contribution in [0, 0.1) is 17.8 Å². The predicted molar refractivity (Wildman–Crippen MR) is 69.1 cm³/mol. The summed E-state index contributed by atoms with van der Waals surface area (Å²) in [6.07, 6.45) is 1.97. The molecule has 0 radical (unpaired) electrons. The maximum absolute atomic E-state index is 11.7. The van der Waals surface area contributed by atoms with Crippen molar-refractivity contribution < 1.29 is 19.7 Å². The van der Waals surface area contributed by atoms with Crippen LogP contribution in [-0.2, 0) is 9.53 Å². The summed E-state index contributed by atoms with van der Waals surface area (Å²) in [5, 5.41) is 21.0. The van der Waals surface area contributed by atoms with Crippen LogP contribution in [0.2, 0.25) is 0 Å². The van der Waals surface area contributed by atoms with E-state index in [9.17, 15) is 15.0 Å². The molecule has 1 aliphatic heterocycles. The van der Waals surface area contributed by atoms with Crippen LogP contribution in [0.1, 0.15) is 26.7 Å². The number of allylic oxidation sites excluding steroid dienone is 1. The van der Waals surface area contributed by atoms with Gasteiger partial charge < -0.3 is 14.9 Å². The second kappa shape index (κ2) is 3.93. The maximum Gasteiger partial charge on any atom is 0.334 e. The number of hydrogen-bond acceptors (Lipinski definition) is 4. The van der Waals surface area contributed by atoms with Gasteiger partial charge in [-0.15, -0.1) is 0 Å². The van der Waals surface area contributed by atoms with Crippen LogP contribution in [0.3, 0.4) is 0 Å². The molecule has 2 fully saturated rings. The molecule has 6 atom stereocenters. The molecule has 0 bridgehead atoms. The van der Waals surface area contributed by atoms with E-state index in [0.29, 0.717) is 5.57 Å². The van der Waals surface area contributed by atoms with Gasteiger partial charge in [-0.2, -0.15) is 0 Å². The normalized spacial score (nSPS) is 49.3. The largest absolute Gasteiger partial charge is 0.458 e. The quantitative estimate of drug-likeness (QED) is 0.392. The second-order valence-corrected chi connectivity index (χ2v) is 6.37. The summed E-state index contributed by atoms with van der Waals surface area (Å²) in [6, 6.07) is 0. The number of carbonyl (C=O) groups is 1. The number of aliphatic hydroxyl groups excluding tert-OH is 1. The van der Waals surface area contributed by atoms with E-state index in [1.807, 2.05) is 6.92 Å². The van der Waals surface area contributed by atoms with Crippen molar-refractivity contribution in [3.05, 3.63) is 23.8 Å². The zero-order valence-electron chi connectivity index (χ0n) is 11.3. The first kappa shape index (κ1) is 12.9. The molecule has 0 unspecified atom stereocenters. The van der Waals surface area contributed by atoms with Gasteiger partial charge in [0.1, 0.15) is 6.10 Å². The van der Waals surface area contributed by atoms with Crippen molar-refractivity contribution in [3.8, 4) is 0 Å². The summed E-state index contributed by atoms with van der Waals surface area (Å²) in [7, 11) is 0. The summed E-state index contributed by atoms with van der Waals surface area (Å²) in [5.41, 5.74) is 0.528. The Bertz CT molecular complexity index is 477. The average molecular weight is 264 g/mol. The minimum atomic E-state index is -0.949. The van der Waals surface area contributed by atoms with Gasteiger partial charge in [0.15, 0.2) is 0 Å². The SMILES string of the molecule is C=C1C(=O)O[C@@H]2[C@H]3C(C)=CC[C@@H]3[C@](C)(O)C[C@@H](O)[C@@H]12. The number of carbonyl (C=O) groups excluding carboxylic acids is 1. The Morgan fingerprint density at radius 3 is 2.84 bits per heavy atom. The Morgan fingerprint density at radius 2 is 2.16 bits per heavy atom. The molecule has 4 nitrogen and oxygen atoms in total. The van der Waals surface area contributed by atoms with Crippen molar-refractivity contribution in [1.82, 2.24) is 0 Å². The van der Waals surface area contributed by atoms with Crippen LogP contribution in [-0.4, -0.2) is 34.0 Å². The van der Waals surface area contributed by atoms with Gasteiger partial charge in [-0.05, 0) is 20.3 Å². The summed E-state index contributed by atoms with van der Waals surface area (Å²) in [4.78, 5) is 11.7. The van der Waals surface area contributed by atoms with E-state index >= 15 is 0 Å². The van der Waals surface area contributed by atoms with E-state index in [1.165, 1.54) is 0 Å². The van der Waals surface area contributed by atoms with E-state index in [-0.39, 0.29) is 24.4 Å². The summed E-state index contributed by atoms with van der Waals surface area (Å²) >= 11 is 0. The van der Waals surface area contributed by atoms with Crippen molar-refractivity contribution in [2.45, 2.75) is 44.5 Å². The highest BCUT2D eigenvalue weighted by atomic mass is 16.6. The zero-order valence-corrected chi connectivity index (χ0v) is 11.3. The molecule has 1 heterocycles. The highest BCUT2D eigenvalue weighted by molar-refractivity contribution is 5.91. The molecule has 0 aromatic heterocycles. The number of fused-ring (bicyclic) bond motifs is 3. The van der Waals surface area contributed by atoms with Gasteiger partial charge in [0.25, 0.3) is 0 Å². The fraction of sp³-hybridized carbons (Fsp3) is 0.667. The fourth-order valence-electron chi connectivity index (χ4n) is 4.10. The first-order valence-electron chi connectivity index (χ1n) is 6.80. The molecule has 0 aromatic carbocycles. The van der Waals surface area contributed by atoms with E-state index < -0.39 is 23.6 Å². The van der Waals surface area contributed by atoms with Gasteiger partial charge in [-0.1, -0.05) is 18.2 Å². The monoisotopic (exact) mass is 264 g/mol. The number of rotatable bonds is 0. The molecular formula is C15H20O4. The van der Waals surface area contributed by atoms with Gasteiger partial charge in [-0.25, -0.2) is 4.79 Å². The molecule has 1 saturated carbocycles. The van der Waals surface area contributed by atoms with Crippen molar-refractivity contribution in [3.63, 3.8) is 0 Å². The topological polar surface area (TPSA) is 66.8 Å². The Morgan fingerprint density at radius 1 is 1.47 bits per heavy atom. The molecule has 3 aliphatic rings. The molecule has 2 N–H and O–H groups in total. The lowest BCUT2D eigenvalue weighted by Gasteiger charge is -2.34. The molecule has 1 saturated heterocycles. The number of aliphatic hydroxyl groups is 2. The predicted octanol–water partition coefficient (Wildman–Crippen LogP) is 1.18. The van der Waals surface area contributed by atoms with Gasteiger partial charge in [0.2, 0.25) is 0 Å². The van der Waals surface area contributed by atoms with Crippen LogP contribution < -0.4 is 0 Å². The Kier molecular flexibility index (Phi) is 2.67. The van der Waals surface area contributed by atoms with E-state index in [0.717, 1.165) is 12.0 Å². The van der Waals surface area contributed by atoms with Crippen molar-refractivity contribution >= 4 is 5.97 Å². The minimum Gasteiger partial charge on any atom is -0.458 e. The third kappa shape index (κ3) is 1.70. The number of hydrogen-bond donors (Lipinski definition) is 2. The fourth-order valence-corrected chi connectivity index (χ4v) is 4.10. The van der Waals surface area contributed by atoms with E-state index in [2.05, 4.69) is 12.7 Å². The molecule has 2 aliphatic carbocycles. The van der Waals surface area contributed by atoms with Crippen LogP contribution in [0.15, 0.2) is 23.8 Å². The van der Waals surface area contributed by atoms with Gasteiger partial charge in [0.05, 0.1) is 17.6 Å². The lowest BCUT2D eigenvalue weighted by Crippen LogP contribution is -2.40. The van der Waals surface area contributed by atoms with E-state index in [4.69, 9.17) is 4.74 Å². The highest BCUT2D eigenvalue weighted by Gasteiger charge is 2.57. The lowest BCUT2D eigenvalue weighted by molar-refractivity contribution is -0.142. The lowest BCUT2D eigenvalue weighted by atomic mass is 9.76. The first-order chi connectivity index (χ1) is 8.83. The molecule has 3 rings (SSSR count). The van der Waals surface area contributed by atoms with Gasteiger partial charge in [-0.3, -0.25) is 0 Å². The van der Waals surface area contributed by atoms with Crippen LogP contribution in [0.5, 0.6) is 0 Å². The third-order valence-corrected chi connectivity index (χ3v) is 5.10. The van der Waals surface area contributed by atoms with Gasteiger partial charge in [0, 0.05) is 23.8 Å². The summed E-state index contributed by atoms with van der Waals surface area (Å²) in [5.74, 6) is -0.819. The molecule has 0 spiro atoms. The molecular weight excluding hydrogens is 244 g/mol. The van der Waals surface area contributed by atoms with Crippen LogP contribution in [0.25, 0.3) is 0 Å². The van der Waals surface area contributed by atoms with Crippen LogP contribution >= 0.6 is 0 Å². The first-order valence-corrected chi connectivity index (χ1v) is 6.80. The average Bonchev–Trinajstić information content (AvgIpc) is 2.78. The molecule has 19 heavy (non-hydrogen) atoms. The van der Waals surface area contributed by atoms with Gasteiger partial charge >= 0.3 is 5.97 Å². The number of esters is 1. The Balaban J connectivity index is 2.06. The summed E-state index contributed by atoms with van der Waals surface area (Å²) < 4.78 is 5.46. The maximum atomic E-state index is 11.7.